The van der Waals surface area contributed by atoms with Gasteiger partial charge >= 0.3 is 0 Å². The first kappa shape index (κ1) is 16.2. The third kappa shape index (κ3) is 3.19. The Morgan fingerprint density at radius 2 is 1.95 bits per heavy atom. The average molecular weight is 358 g/mol. The van der Waals surface area contributed by atoms with Crippen LogP contribution in [0.2, 0.25) is 10.0 Å². The van der Waals surface area contributed by atoms with E-state index in [1.165, 1.54) is 7.11 Å². The summed E-state index contributed by atoms with van der Waals surface area (Å²) < 4.78 is 29.3. The van der Waals surface area contributed by atoms with Gasteiger partial charge in [-0.15, -0.1) is 11.6 Å². The molecule has 1 aliphatic heterocycles. The minimum atomic E-state index is -3.18. The lowest BCUT2D eigenvalue weighted by molar-refractivity contribution is 0.415. The summed E-state index contributed by atoms with van der Waals surface area (Å²) in [6, 6.07) is 3.15. The Balaban J connectivity index is 2.38. The highest BCUT2D eigenvalue weighted by Gasteiger charge is 2.36. The van der Waals surface area contributed by atoms with E-state index in [1.54, 1.807) is 12.1 Å². The van der Waals surface area contributed by atoms with Gasteiger partial charge in [-0.3, -0.25) is 0 Å². The zero-order chi connectivity index (χ0) is 14.9. The van der Waals surface area contributed by atoms with Gasteiger partial charge < -0.3 is 4.74 Å². The molecule has 0 N–H and O–H groups in total. The summed E-state index contributed by atoms with van der Waals surface area (Å²) in [5.41, 5.74) is 0.537. The van der Waals surface area contributed by atoms with Crippen LogP contribution in [0.25, 0.3) is 0 Å². The number of hydrogen-bond donors (Lipinski definition) is 0. The van der Waals surface area contributed by atoms with Crippen molar-refractivity contribution in [3.05, 3.63) is 27.7 Å². The number of alkyl halides is 1. The second-order valence-corrected chi connectivity index (χ2v) is 8.44. The van der Waals surface area contributed by atoms with Crippen LogP contribution in [0.1, 0.15) is 30.2 Å². The van der Waals surface area contributed by atoms with Crippen LogP contribution < -0.4 is 4.74 Å². The number of ether oxygens (including phenoxy) is 1. The molecule has 2 atom stereocenters. The Morgan fingerprint density at radius 1 is 1.25 bits per heavy atom. The third-order valence-corrected chi connectivity index (χ3v) is 7.12. The summed E-state index contributed by atoms with van der Waals surface area (Å²) in [6.07, 6.45) is 2.10. The Bertz CT molecular complexity index is 601. The SMILES string of the molecule is COc1cc(Cl)c(C(Cl)C2CCCCS2(=O)=O)cc1Cl. The monoisotopic (exact) mass is 356 g/mol. The molecule has 1 aromatic rings. The molecule has 0 radical (unpaired) electrons. The predicted molar refractivity (Wildman–Crippen MR) is 83.0 cm³/mol. The lowest BCUT2D eigenvalue weighted by Crippen LogP contribution is -2.32. The fourth-order valence-electron chi connectivity index (χ4n) is 2.42. The molecule has 1 fully saturated rings. The normalized spacial score (nSPS) is 23.3. The van der Waals surface area contributed by atoms with Crippen LogP contribution in [0.4, 0.5) is 0 Å². The summed E-state index contributed by atoms with van der Waals surface area (Å²) in [6.45, 7) is 0. The molecule has 0 aliphatic carbocycles. The second kappa shape index (κ2) is 6.30. The van der Waals surface area contributed by atoms with E-state index >= 15 is 0 Å². The van der Waals surface area contributed by atoms with Crippen LogP contribution in [-0.4, -0.2) is 26.5 Å². The largest absolute Gasteiger partial charge is 0.495 e. The number of rotatable bonds is 3. The summed E-state index contributed by atoms with van der Waals surface area (Å²) in [4.78, 5) is 0. The van der Waals surface area contributed by atoms with E-state index in [-0.39, 0.29) is 5.75 Å². The van der Waals surface area contributed by atoms with Crippen LogP contribution in [0.3, 0.4) is 0 Å². The molecule has 1 aliphatic rings. The molecule has 1 heterocycles. The molecule has 0 amide bonds. The topological polar surface area (TPSA) is 43.4 Å². The molecule has 2 unspecified atom stereocenters. The highest BCUT2D eigenvalue weighted by molar-refractivity contribution is 7.92. The van der Waals surface area contributed by atoms with E-state index in [9.17, 15) is 8.42 Å². The fourth-order valence-corrected chi connectivity index (χ4v) is 5.72. The summed E-state index contributed by atoms with van der Waals surface area (Å²) in [5.74, 6) is 0.623. The summed E-state index contributed by atoms with van der Waals surface area (Å²) >= 11 is 18.6. The molecular formula is C13H15Cl3O3S. The molecule has 1 aromatic carbocycles. The second-order valence-electron chi connectivity index (χ2n) is 4.81. The van der Waals surface area contributed by atoms with Crippen molar-refractivity contribution in [3.8, 4) is 5.75 Å². The van der Waals surface area contributed by atoms with E-state index < -0.39 is 20.5 Å². The number of hydrogen-bond acceptors (Lipinski definition) is 3. The number of sulfone groups is 1. The first-order chi connectivity index (χ1) is 9.36. The minimum Gasteiger partial charge on any atom is -0.495 e. The molecule has 2 rings (SSSR count). The molecular weight excluding hydrogens is 343 g/mol. The van der Waals surface area contributed by atoms with E-state index in [4.69, 9.17) is 39.5 Å². The maximum absolute atomic E-state index is 12.1. The van der Waals surface area contributed by atoms with Crippen molar-refractivity contribution in [2.75, 3.05) is 12.9 Å². The Hall–Kier alpha value is -0.160. The molecule has 1 saturated heterocycles. The van der Waals surface area contributed by atoms with Crippen molar-refractivity contribution in [1.82, 2.24) is 0 Å². The van der Waals surface area contributed by atoms with E-state index in [0.29, 0.717) is 34.2 Å². The number of halogens is 3. The van der Waals surface area contributed by atoms with Crippen LogP contribution in [0, 0.1) is 0 Å². The van der Waals surface area contributed by atoms with Gasteiger partial charge in [-0.05, 0) is 24.5 Å². The molecule has 0 bridgehead atoms. The molecule has 3 nitrogen and oxygen atoms in total. The lowest BCUT2D eigenvalue weighted by atomic mass is 10.0. The Morgan fingerprint density at radius 3 is 2.55 bits per heavy atom. The maximum atomic E-state index is 12.1. The molecule has 0 aromatic heterocycles. The van der Waals surface area contributed by atoms with Gasteiger partial charge in [0.1, 0.15) is 5.75 Å². The molecule has 7 heteroatoms. The van der Waals surface area contributed by atoms with Crippen molar-refractivity contribution in [3.63, 3.8) is 0 Å². The zero-order valence-electron chi connectivity index (χ0n) is 10.9. The van der Waals surface area contributed by atoms with Gasteiger partial charge in [0.2, 0.25) is 0 Å². The molecule has 20 heavy (non-hydrogen) atoms. The fraction of sp³-hybridized carbons (Fsp3) is 0.538. The van der Waals surface area contributed by atoms with Crippen LogP contribution in [-0.2, 0) is 9.84 Å². The summed E-state index contributed by atoms with van der Waals surface area (Å²) in [5, 5.41) is -0.575. The first-order valence-corrected chi connectivity index (χ1v) is 9.16. The van der Waals surface area contributed by atoms with Crippen molar-refractivity contribution in [1.29, 1.82) is 0 Å². The van der Waals surface area contributed by atoms with Crippen molar-refractivity contribution in [2.45, 2.75) is 29.9 Å². The van der Waals surface area contributed by atoms with Gasteiger partial charge in [-0.1, -0.05) is 29.6 Å². The zero-order valence-corrected chi connectivity index (χ0v) is 14.0. The van der Waals surface area contributed by atoms with Gasteiger partial charge in [0, 0.05) is 11.1 Å². The van der Waals surface area contributed by atoms with Crippen LogP contribution in [0.5, 0.6) is 5.75 Å². The molecule has 112 valence electrons. The van der Waals surface area contributed by atoms with Crippen molar-refractivity contribution in [2.24, 2.45) is 0 Å². The van der Waals surface area contributed by atoms with Gasteiger partial charge in [-0.2, -0.15) is 0 Å². The Labute approximate surface area is 134 Å². The quantitative estimate of drug-likeness (QED) is 0.760. The first-order valence-electron chi connectivity index (χ1n) is 6.25. The van der Waals surface area contributed by atoms with E-state index in [2.05, 4.69) is 0 Å². The van der Waals surface area contributed by atoms with Gasteiger partial charge in [0.05, 0.1) is 28.5 Å². The summed E-state index contributed by atoms with van der Waals surface area (Å²) in [7, 11) is -1.69. The van der Waals surface area contributed by atoms with Crippen LogP contribution in [0.15, 0.2) is 12.1 Å². The predicted octanol–water partition coefficient (Wildman–Crippen LogP) is 4.25. The standard InChI is InChI=1S/C13H15Cl3O3S/c1-19-11-7-9(14)8(6-10(11)15)13(16)12-4-2-3-5-20(12,17)18/h6-7,12-13H,2-5H2,1H3. The van der Waals surface area contributed by atoms with E-state index in [0.717, 1.165) is 6.42 Å². The average Bonchev–Trinajstić information content (AvgIpc) is 2.39. The molecule has 0 saturated carbocycles. The molecule has 0 spiro atoms. The van der Waals surface area contributed by atoms with Gasteiger partial charge in [0.15, 0.2) is 9.84 Å². The smallest absolute Gasteiger partial charge is 0.154 e. The van der Waals surface area contributed by atoms with Gasteiger partial charge in [0.25, 0.3) is 0 Å². The Kier molecular flexibility index (Phi) is 5.11. The number of benzene rings is 1. The van der Waals surface area contributed by atoms with E-state index in [1.807, 2.05) is 0 Å². The maximum Gasteiger partial charge on any atom is 0.154 e. The van der Waals surface area contributed by atoms with Crippen LogP contribution >= 0.6 is 34.8 Å². The lowest BCUT2D eigenvalue weighted by Gasteiger charge is -2.27. The minimum absolute atomic E-state index is 0.183. The third-order valence-electron chi connectivity index (χ3n) is 3.52. The number of methoxy groups -OCH3 is 1. The highest BCUT2D eigenvalue weighted by atomic mass is 35.5. The van der Waals surface area contributed by atoms with Crippen molar-refractivity contribution >= 4 is 44.6 Å². The van der Waals surface area contributed by atoms with Gasteiger partial charge in [-0.25, -0.2) is 8.42 Å². The van der Waals surface area contributed by atoms with Crippen molar-refractivity contribution < 1.29 is 13.2 Å². The highest BCUT2D eigenvalue weighted by Crippen LogP contribution is 2.41.